The molecule has 1 aliphatic heterocycles. The molecule has 0 aliphatic carbocycles. The zero-order valence-electron chi connectivity index (χ0n) is 8.06. The summed E-state index contributed by atoms with van der Waals surface area (Å²) in [7, 11) is 0. The smallest absolute Gasteiger partial charge is 0.129 e. The van der Waals surface area contributed by atoms with Gasteiger partial charge < -0.3 is 5.32 Å². The molecular formula is C11H13F2N. The van der Waals surface area contributed by atoms with Crippen LogP contribution in [0.4, 0.5) is 8.78 Å². The highest BCUT2D eigenvalue weighted by atomic mass is 19.1. The summed E-state index contributed by atoms with van der Waals surface area (Å²) in [6.07, 6.45) is 0.803. The minimum atomic E-state index is -0.425. The van der Waals surface area contributed by atoms with Crippen molar-refractivity contribution in [2.75, 3.05) is 6.54 Å². The number of hydrogen-bond acceptors (Lipinski definition) is 1. The van der Waals surface area contributed by atoms with E-state index < -0.39 is 11.6 Å². The Kier molecular flexibility index (Phi) is 2.50. The number of nitrogens with one attached hydrogen (secondary N) is 1. The summed E-state index contributed by atoms with van der Waals surface area (Å²) >= 11 is 0. The van der Waals surface area contributed by atoms with E-state index in [9.17, 15) is 8.78 Å². The molecule has 1 saturated heterocycles. The van der Waals surface area contributed by atoms with Gasteiger partial charge in [-0.2, -0.15) is 0 Å². The molecule has 0 saturated carbocycles. The topological polar surface area (TPSA) is 12.0 Å². The normalized spacial score (nSPS) is 26.8. The average Bonchev–Trinajstić information content (AvgIpc) is 2.51. The van der Waals surface area contributed by atoms with Gasteiger partial charge in [-0.3, -0.25) is 0 Å². The molecule has 1 aromatic carbocycles. The van der Waals surface area contributed by atoms with E-state index in [1.54, 1.807) is 0 Å². The van der Waals surface area contributed by atoms with E-state index >= 15 is 0 Å². The molecule has 1 nitrogen and oxygen atoms in total. The van der Waals surface area contributed by atoms with E-state index in [2.05, 4.69) is 5.32 Å². The summed E-state index contributed by atoms with van der Waals surface area (Å²) in [5.74, 6) is -0.872. The van der Waals surface area contributed by atoms with Gasteiger partial charge in [-0.1, -0.05) is 6.07 Å². The largest absolute Gasteiger partial charge is 0.314 e. The van der Waals surface area contributed by atoms with E-state index in [1.807, 2.05) is 6.92 Å². The van der Waals surface area contributed by atoms with Crippen LogP contribution in [0.2, 0.25) is 0 Å². The highest BCUT2D eigenvalue weighted by Gasteiger charge is 2.26. The van der Waals surface area contributed by atoms with Gasteiger partial charge in [0.15, 0.2) is 0 Å². The maximum atomic E-state index is 13.4. The highest BCUT2D eigenvalue weighted by Crippen LogP contribution is 2.29. The van der Waals surface area contributed by atoms with Crippen LogP contribution < -0.4 is 5.32 Å². The number of halogens is 2. The van der Waals surface area contributed by atoms with Crippen LogP contribution in [0.5, 0.6) is 0 Å². The fourth-order valence-corrected chi connectivity index (χ4v) is 2.06. The standard InChI is InChI=1S/C11H13F2N/c1-7-5-8(6-14-7)11-9(12)3-2-4-10(11)13/h2-4,7-8,14H,5-6H2,1H3. The minimum Gasteiger partial charge on any atom is -0.314 e. The third-order valence-electron chi connectivity index (χ3n) is 2.76. The van der Waals surface area contributed by atoms with Gasteiger partial charge in [-0.05, 0) is 25.5 Å². The molecule has 2 rings (SSSR count). The van der Waals surface area contributed by atoms with Crippen LogP contribution in [0.3, 0.4) is 0 Å². The second-order valence-electron chi connectivity index (χ2n) is 3.88. The Morgan fingerprint density at radius 2 is 1.93 bits per heavy atom. The van der Waals surface area contributed by atoms with Crippen LogP contribution >= 0.6 is 0 Å². The zero-order chi connectivity index (χ0) is 10.1. The van der Waals surface area contributed by atoms with Crippen LogP contribution in [0.15, 0.2) is 18.2 Å². The SMILES string of the molecule is CC1CC(c2c(F)cccc2F)CN1. The van der Waals surface area contributed by atoms with Crippen molar-refractivity contribution < 1.29 is 8.78 Å². The Bertz CT molecular complexity index is 318. The Labute approximate surface area is 82.1 Å². The molecular weight excluding hydrogens is 184 g/mol. The second kappa shape index (κ2) is 3.65. The number of rotatable bonds is 1. The van der Waals surface area contributed by atoms with Gasteiger partial charge in [0.05, 0.1) is 0 Å². The molecule has 1 heterocycles. The van der Waals surface area contributed by atoms with E-state index in [-0.39, 0.29) is 11.5 Å². The maximum Gasteiger partial charge on any atom is 0.129 e. The monoisotopic (exact) mass is 197 g/mol. The van der Waals surface area contributed by atoms with E-state index in [0.717, 1.165) is 6.42 Å². The summed E-state index contributed by atoms with van der Waals surface area (Å²) in [5, 5.41) is 3.19. The van der Waals surface area contributed by atoms with Crippen molar-refractivity contribution in [3.63, 3.8) is 0 Å². The van der Waals surface area contributed by atoms with Crippen molar-refractivity contribution in [3.8, 4) is 0 Å². The molecule has 1 aromatic rings. The lowest BCUT2D eigenvalue weighted by molar-refractivity contribution is 0.529. The van der Waals surface area contributed by atoms with Crippen molar-refractivity contribution in [1.29, 1.82) is 0 Å². The molecule has 0 radical (unpaired) electrons. The van der Waals surface area contributed by atoms with Gasteiger partial charge in [0.25, 0.3) is 0 Å². The molecule has 76 valence electrons. The lowest BCUT2D eigenvalue weighted by Crippen LogP contribution is -2.16. The quantitative estimate of drug-likeness (QED) is 0.729. The maximum absolute atomic E-state index is 13.4. The molecule has 2 unspecified atom stereocenters. The van der Waals surface area contributed by atoms with Crippen LogP contribution in [0.25, 0.3) is 0 Å². The van der Waals surface area contributed by atoms with Crippen molar-refractivity contribution in [1.82, 2.24) is 5.32 Å². The molecule has 0 spiro atoms. The van der Waals surface area contributed by atoms with Gasteiger partial charge in [0, 0.05) is 24.1 Å². The molecule has 1 fully saturated rings. The highest BCUT2D eigenvalue weighted by molar-refractivity contribution is 5.25. The van der Waals surface area contributed by atoms with Crippen LogP contribution in [0, 0.1) is 11.6 Å². The number of benzene rings is 1. The van der Waals surface area contributed by atoms with Crippen molar-refractivity contribution in [3.05, 3.63) is 35.4 Å². The predicted octanol–water partition coefficient (Wildman–Crippen LogP) is 2.43. The van der Waals surface area contributed by atoms with Crippen molar-refractivity contribution in [2.45, 2.75) is 25.3 Å². The van der Waals surface area contributed by atoms with Gasteiger partial charge in [0.1, 0.15) is 11.6 Å². The van der Waals surface area contributed by atoms with Gasteiger partial charge in [-0.25, -0.2) is 8.78 Å². The lowest BCUT2D eigenvalue weighted by atomic mass is 9.95. The van der Waals surface area contributed by atoms with Gasteiger partial charge in [0.2, 0.25) is 0 Å². The summed E-state index contributed by atoms with van der Waals surface area (Å²) in [6, 6.07) is 4.39. The first-order chi connectivity index (χ1) is 6.68. The van der Waals surface area contributed by atoms with E-state index in [1.165, 1.54) is 18.2 Å². The first-order valence-corrected chi connectivity index (χ1v) is 4.85. The number of hydrogen-bond donors (Lipinski definition) is 1. The first-order valence-electron chi connectivity index (χ1n) is 4.85. The van der Waals surface area contributed by atoms with Gasteiger partial charge in [-0.15, -0.1) is 0 Å². The molecule has 1 aliphatic rings. The van der Waals surface area contributed by atoms with Crippen LogP contribution in [0.1, 0.15) is 24.8 Å². The van der Waals surface area contributed by atoms with Crippen molar-refractivity contribution >= 4 is 0 Å². The third-order valence-corrected chi connectivity index (χ3v) is 2.76. The second-order valence-corrected chi connectivity index (χ2v) is 3.88. The Morgan fingerprint density at radius 1 is 1.29 bits per heavy atom. The minimum absolute atomic E-state index is 0.0220. The average molecular weight is 197 g/mol. The summed E-state index contributed by atoms with van der Waals surface area (Å²) in [6.45, 7) is 2.69. The fourth-order valence-electron chi connectivity index (χ4n) is 2.06. The molecule has 0 aromatic heterocycles. The predicted molar refractivity (Wildman–Crippen MR) is 51.2 cm³/mol. The first kappa shape index (κ1) is 9.59. The molecule has 0 amide bonds. The van der Waals surface area contributed by atoms with E-state index in [4.69, 9.17) is 0 Å². The Balaban J connectivity index is 2.31. The Morgan fingerprint density at radius 3 is 2.43 bits per heavy atom. The molecule has 14 heavy (non-hydrogen) atoms. The molecule has 3 heteroatoms. The Hall–Kier alpha value is -0.960. The van der Waals surface area contributed by atoms with Crippen LogP contribution in [-0.2, 0) is 0 Å². The lowest BCUT2D eigenvalue weighted by Gasteiger charge is -2.10. The fraction of sp³-hybridized carbons (Fsp3) is 0.455. The summed E-state index contributed by atoms with van der Waals surface area (Å²) < 4.78 is 26.7. The summed E-state index contributed by atoms with van der Waals surface area (Å²) in [5.41, 5.74) is 0.240. The van der Waals surface area contributed by atoms with Crippen LogP contribution in [-0.4, -0.2) is 12.6 Å². The van der Waals surface area contributed by atoms with Crippen molar-refractivity contribution in [2.24, 2.45) is 0 Å². The van der Waals surface area contributed by atoms with E-state index in [0.29, 0.717) is 12.6 Å². The third kappa shape index (κ3) is 1.64. The zero-order valence-corrected chi connectivity index (χ0v) is 8.06. The van der Waals surface area contributed by atoms with Gasteiger partial charge >= 0.3 is 0 Å². The molecule has 0 bridgehead atoms. The summed E-state index contributed by atoms with van der Waals surface area (Å²) in [4.78, 5) is 0. The molecule has 2 atom stereocenters. The molecule has 1 N–H and O–H groups in total.